The van der Waals surface area contributed by atoms with E-state index >= 15 is 0 Å². The molecule has 0 fully saturated rings. The van der Waals surface area contributed by atoms with Gasteiger partial charge in [-0.1, -0.05) is 225 Å². The Morgan fingerprint density at radius 1 is 0.412 bits per heavy atom. The highest BCUT2D eigenvalue weighted by Crippen LogP contribution is 2.52. The zero-order valence-corrected chi connectivity index (χ0v) is 40.0. The first-order chi connectivity index (χ1) is 33.4. The number of aromatic nitrogens is 3. The SMILES string of the molecule is Cc1cccc([Si](c2ccccc2)(c2ccccc2)c2cccc(-c3cc(-c4cccc5c4Sc4ccccc4C5(C)C)nc4c3ccc3c(-c5ccccc5)cc(-c5ccccn5)nc34)c2)c1. The van der Waals surface area contributed by atoms with Crippen molar-refractivity contribution in [2.24, 2.45) is 0 Å². The molecule has 0 saturated carbocycles. The molecule has 8 aromatic carbocycles. The van der Waals surface area contributed by atoms with Crippen LogP contribution in [-0.4, -0.2) is 23.0 Å². The number of hydrogen-bond acceptors (Lipinski definition) is 4. The summed E-state index contributed by atoms with van der Waals surface area (Å²) in [4.78, 5) is 18.6. The van der Waals surface area contributed by atoms with Gasteiger partial charge in [0.25, 0.3) is 0 Å². The van der Waals surface area contributed by atoms with Crippen LogP contribution in [-0.2, 0) is 5.41 Å². The van der Waals surface area contributed by atoms with Gasteiger partial charge in [0.15, 0.2) is 8.07 Å². The van der Waals surface area contributed by atoms with Crippen molar-refractivity contribution in [3.8, 4) is 44.9 Å². The van der Waals surface area contributed by atoms with Gasteiger partial charge in [-0.15, -0.1) is 0 Å². The van der Waals surface area contributed by atoms with Crippen LogP contribution in [0.2, 0.25) is 0 Å². The fraction of sp³-hybridized carbons (Fsp3) is 0.0635. The van der Waals surface area contributed by atoms with Crippen LogP contribution in [0.5, 0.6) is 0 Å². The van der Waals surface area contributed by atoms with Crippen LogP contribution >= 0.6 is 11.8 Å². The van der Waals surface area contributed by atoms with E-state index in [0.717, 1.165) is 66.7 Å². The monoisotopic (exact) mass is 905 g/mol. The van der Waals surface area contributed by atoms with E-state index in [2.05, 4.69) is 227 Å². The van der Waals surface area contributed by atoms with Gasteiger partial charge in [-0.25, -0.2) is 9.97 Å². The minimum atomic E-state index is -2.88. The molecule has 0 atom stereocenters. The molecule has 0 aliphatic carbocycles. The van der Waals surface area contributed by atoms with Crippen molar-refractivity contribution < 1.29 is 0 Å². The predicted octanol–water partition coefficient (Wildman–Crippen LogP) is 13.3. The van der Waals surface area contributed by atoms with Crippen molar-refractivity contribution in [1.29, 1.82) is 0 Å². The van der Waals surface area contributed by atoms with Crippen LogP contribution in [0.3, 0.4) is 0 Å². The van der Waals surface area contributed by atoms with Crippen LogP contribution in [0.4, 0.5) is 0 Å². The molecular formula is C63H47N3SSi. The molecule has 0 bridgehead atoms. The summed E-state index contributed by atoms with van der Waals surface area (Å²) < 4.78 is 0. The van der Waals surface area contributed by atoms with Crippen molar-refractivity contribution in [2.45, 2.75) is 36.0 Å². The second kappa shape index (κ2) is 16.9. The summed E-state index contributed by atoms with van der Waals surface area (Å²) in [5.41, 5.74) is 13.6. The maximum Gasteiger partial charge on any atom is 0.179 e. The molecule has 1 aliphatic rings. The molecule has 3 nitrogen and oxygen atoms in total. The van der Waals surface area contributed by atoms with E-state index in [-0.39, 0.29) is 5.41 Å². The number of pyridine rings is 3. The van der Waals surface area contributed by atoms with Crippen molar-refractivity contribution >= 4 is 62.4 Å². The largest absolute Gasteiger partial charge is 0.255 e. The second-order valence-electron chi connectivity index (χ2n) is 18.4. The Hall–Kier alpha value is -7.70. The van der Waals surface area contributed by atoms with Crippen LogP contribution in [0.25, 0.3) is 66.7 Å². The molecule has 0 spiro atoms. The molecule has 5 heteroatoms. The fourth-order valence-electron chi connectivity index (χ4n) is 10.7. The van der Waals surface area contributed by atoms with E-state index in [1.165, 1.54) is 47.2 Å². The highest BCUT2D eigenvalue weighted by Gasteiger charge is 2.42. The predicted molar refractivity (Wildman–Crippen MR) is 288 cm³/mol. The van der Waals surface area contributed by atoms with Gasteiger partial charge in [-0.05, 0) is 91.4 Å². The third-order valence-electron chi connectivity index (χ3n) is 14.0. The van der Waals surface area contributed by atoms with Gasteiger partial charge in [-0.3, -0.25) is 4.98 Å². The topological polar surface area (TPSA) is 38.7 Å². The van der Waals surface area contributed by atoms with E-state index < -0.39 is 8.07 Å². The van der Waals surface area contributed by atoms with Gasteiger partial charge in [0, 0.05) is 37.7 Å². The summed E-state index contributed by atoms with van der Waals surface area (Å²) in [7, 11) is -2.88. The number of benzene rings is 8. The van der Waals surface area contributed by atoms with Crippen LogP contribution in [0, 0.1) is 6.92 Å². The fourth-order valence-corrected chi connectivity index (χ4v) is 17.1. The third-order valence-corrected chi connectivity index (χ3v) is 20.0. The van der Waals surface area contributed by atoms with Gasteiger partial charge in [0.2, 0.25) is 0 Å². The van der Waals surface area contributed by atoms with Gasteiger partial charge in [0.05, 0.1) is 28.1 Å². The van der Waals surface area contributed by atoms with E-state index in [1.807, 2.05) is 36.2 Å². The Morgan fingerprint density at radius 3 is 1.65 bits per heavy atom. The first-order valence-corrected chi connectivity index (χ1v) is 26.2. The lowest BCUT2D eigenvalue weighted by atomic mass is 9.77. The summed E-state index contributed by atoms with van der Waals surface area (Å²) >= 11 is 1.86. The van der Waals surface area contributed by atoms with Crippen LogP contribution < -0.4 is 20.7 Å². The molecule has 0 unspecified atom stereocenters. The molecule has 68 heavy (non-hydrogen) atoms. The molecule has 3 aromatic heterocycles. The zero-order chi connectivity index (χ0) is 45.8. The lowest BCUT2D eigenvalue weighted by Gasteiger charge is -2.35. The van der Waals surface area contributed by atoms with Gasteiger partial charge in [0.1, 0.15) is 0 Å². The van der Waals surface area contributed by atoms with Crippen LogP contribution in [0.15, 0.2) is 240 Å². The maximum atomic E-state index is 5.78. The number of nitrogens with zero attached hydrogens (tertiary/aromatic N) is 3. The summed E-state index contributed by atoms with van der Waals surface area (Å²) in [5, 5.41) is 7.46. The maximum absolute atomic E-state index is 5.78. The number of aryl methyl sites for hydroxylation is 1. The number of rotatable bonds is 8. The Labute approximate surface area is 403 Å². The Kier molecular flexibility index (Phi) is 10.3. The van der Waals surface area contributed by atoms with Crippen molar-refractivity contribution in [3.63, 3.8) is 0 Å². The zero-order valence-electron chi connectivity index (χ0n) is 38.2. The van der Waals surface area contributed by atoms with Crippen molar-refractivity contribution in [2.75, 3.05) is 0 Å². The first kappa shape index (κ1) is 41.7. The average Bonchev–Trinajstić information content (AvgIpc) is 3.39. The minimum absolute atomic E-state index is 0.198. The molecule has 11 aromatic rings. The van der Waals surface area contributed by atoms with Gasteiger partial charge < -0.3 is 0 Å². The van der Waals surface area contributed by atoms with E-state index in [9.17, 15) is 0 Å². The summed E-state index contributed by atoms with van der Waals surface area (Å²) in [6.07, 6.45) is 1.84. The van der Waals surface area contributed by atoms with Gasteiger partial charge >= 0.3 is 0 Å². The van der Waals surface area contributed by atoms with E-state index in [0.29, 0.717) is 0 Å². The molecule has 0 amide bonds. The molecule has 324 valence electrons. The highest BCUT2D eigenvalue weighted by atomic mass is 32.2. The second-order valence-corrected chi connectivity index (χ2v) is 23.2. The lowest BCUT2D eigenvalue weighted by molar-refractivity contribution is 0.608. The van der Waals surface area contributed by atoms with E-state index in [1.54, 1.807) is 0 Å². The highest BCUT2D eigenvalue weighted by molar-refractivity contribution is 7.99. The molecule has 0 radical (unpaired) electrons. The molecular weight excluding hydrogens is 859 g/mol. The lowest BCUT2D eigenvalue weighted by Crippen LogP contribution is -2.74. The summed E-state index contributed by atoms with van der Waals surface area (Å²) in [5.74, 6) is 0. The van der Waals surface area contributed by atoms with Gasteiger partial charge in [-0.2, -0.15) is 0 Å². The smallest absolute Gasteiger partial charge is 0.179 e. The van der Waals surface area contributed by atoms with E-state index in [4.69, 9.17) is 15.0 Å². The number of hydrogen-bond donors (Lipinski definition) is 0. The molecule has 12 rings (SSSR count). The molecule has 4 heterocycles. The summed E-state index contributed by atoms with van der Waals surface area (Å²) in [6, 6.07) is 82.4. The van der Waals surface area contributed by atoms with Crippen molar-refractivity contribution in [3.05, 3.63) is 247 Å². The first-order valence-electron chi connectivity index (χ1n) is 23.3. The minimum Gasteiger partial charge on any atom is -0.255 e. The van der Waals surface area contributed by atoms with Crippen molar-refractivity contribution in [1.82, 2.24) is 15.0 Å². The molecule has 1 aliphatic heterocycles. The quantitative estimate of drug-likeness (QED) is 0.0865. The average molecular weight is 906 g/mol. The standard InChI is InChI=1S/C63H47N3SSi/c1-42-20-17-28-47(38-42)68(45-24-9-5-10-25-45,46-26-11-6-12-27-46)48-29-18-23-44(39-48)53-40-57(51-30-19-32-55-62(51)67-59-34-14-13-31-54(59)63(55,2)3)65-60-50(53)36-35-49-52(43-21-7-4-8-22-43)41-58(66-61(49)60)56-33-15-16-37-64-56/h4-41H,1-3H3. The third kappa shape index (κ3) is 6.92. The Morgan fingerprint density at radius 2 is 0.956 bits per heavy atom. The Bertz CT molecular complexity index is 3650. The van der Waals surface area contributed by atoms with Crippen LogP contribution in [0.1, 0.15) is 30.5 Å². The normalized spacial score (nSPS) is 13.0. The molecule has 0 saturated heterocycles. The Balaban J connectivity index is 1.18. The number of fused-ring (bicyclic) bond motifs is 5. The summed E-state index contributed by atoms with van der Waals surface area (Å²) in [6.45, 7) is 6.91. The molecule has 0 N–H and O–H groups in total.